The maximum Gasteiger partial charge on any atom is 0.282 e. The number of hydrogen-bond acceptors (Lipinski definition) is 6. The van der Waals surface area contributed by atoms with Gasteiger partial charge in [0, 0.05) is 14.9 Å². The number of benzene rings is 4. The minimum absolute atomic E-state index is 0.296. The van der Waals surface area contributed by atoms with Crippen molar-refractivity contribution in [3.8, 4) is 23.1 Å². The van der Waals surface area contributed by atoms with E-state index in [1.807, 2.05) is 73.7 Å². The molecular formula is C32H22BrClIN3O4. The summed E-state index contributed by atoms with van der Waals surface area (Å²) < 4.78 is 21.2. The number of aromatic nitrogens is 2. The van der Waals surface area contributed by atoms with Gasteiger partial charge in [0.1, 0.15) is 12.2 Å². The average molecular weight is 755 g/mol. The number of furan rings is 1. The first-order chi connectivity index (χ1) is 20.4. The second kappa shape index (κ2) is 12.3. The highest BCUT2D eigenvalue weighted by Crippen LogP contribution is 2.35. The molecule has 0 unspecified atom stereocenters. The minimum atomic E-state index is -0.309. The minimum Gasteiger partial charge on any atom is -0.490 e. The molecular weight excluding hydrogens is 733 g/mol. The molecule has 4 aromatic carbocycles. The Morgan fingerprint density at radius 1 is 1.05 bits per heavy atom. The van der Waals surface area contributed by atoms with Crippen LogP contribution in [0.5, 0.6) is 11.5 Å². The molecule has 2 heterocycles. The Hall–Kier alpha value is -3.67. The van der Waals surface area contributed by atoms with Crippen molar-refractivity contribution in [1.29, 1.82) is 0 Å². The van der Waals surface area contributed by atoms with Crippen molar-refractivity contribution < 1.29 is 13.9 Å². The van der Waals surface area contributed by atoms with Crippen molar-refractivity contribution in [3.05, 3.63) is 119 Å². The highest BCUT2D eigenvalue weighted by molar-refractivity contribution is 14.1. The predicted molar refractivity (Wildman–Crippen MR) is 178 cm³/mol. The van der Waals surface area contributed by atoms with E-state index in [1.54, 1.807) is 24.4 Å². The van der Waals surface area contributed by atoms with Gasteiger partial charge in [0.15, 0.2) is 17.3 Å². The number of nitrogens with zero attached hydrogens (tertiary/aromatic N) is 3. The summed E-state index contributed by atoms with van der Waals surface area (Å²) in [4.78, 5) is 18.4. The highest BCUT2D eigenvalue weighted by Gasteiger charge is 2.17. The lowest BCUT2D eigenvalue weighted by Gasteiger charge is -2.15. The van der Waals surface area contributed by atoms with Crippen molar-refractivity contribution in [2.75, 3.05) is 6.61 Å². The Morgan fingerprint density at radius 3 is 2.67 bits per heavy atom. The predicted octanol–water partition coefficient (Wildman–Crippen LogP) is 8.69. The van der Waals surface area contributed by atoms with Gasteiger partial charge in [0.05, 0.1) is 27.3 Å². The summed E-state index contributed by atoms with van der Waals surface area (Å²) >= 11 is 11.7. The largest absolute Gasteiger partial charge is 0.490 e. The summed E-state index contributed by atoms with van der Waals surface area (Å²) in [7, 11) is 0. The van der Waals surface area contributed by atoms with E-state index in [0.29, 0.717) is 57.8 Å². The number of ether oxygens (including phenoxy) is 2. The third kappa shape index (κ3) is 5.95. The van der Waals surface area contributed by atoms with Crippen LogP contribution >= 0.6 is 50.1 Å². The Labute approximate surface area is 268 Å². The molecule has 0 spiro atoms. The first kappa shape index (κ1) is 28.4. The third-order valence-electron chi connectivity index (χ3n) is 6.40. The fraction of sp³-hybridized carbons (Fsp3) is 0.0938. The summed E-state index contributed by atoms with van der Waals surface area (Å²) in [6.07, 6.45) is 1.61. The van der Waals surface area contributed by atoms with Gasteiger partial charge < -0.3 is 13.9 Å². The van der Waals surface area contributed by atoms with E-state index >= 15 is 0 Å². The monoisotopic (exact) mass is 753 g/mol. The quantitative estimate of drug-likeness (QED) is 0.115. The average Bonchev–Trinajstić information content (AvgIpc) is 3.40. The van der Waals surface area contributed by atoms with Gasteiger partial charge in [-0.25, -0.2) is 4.98 Å². The summed E-state index contributed by atoms with van der Waals surface area (Å²) in [6, 6.07) is 26.0. The van der Waals surface area contributed by atoms with Crippen LogP contribution in [0.2, 0.25) is 5.02 Å². The van der Waals surface area contributed by atoms with Crippen LogP contribution in [-0.2, 0) is 6.61 Å². The maximum atomic E-state index is 13.7. The lowest BCUT2D eigenvalue weighted by molar-refractivity contribution is 0.267. The zero-order chi connectivity index (χ0) is 29.2. The molecule has 0 saturated carbocycles. The molecule has 0 saturated heterocycles. The first-order valence-corrected chi connectivity index (χ1v) is 15.2. The van der Waals surface area contributed by atoms with Gasteiger partial charge in [-0.3, -0.25) is 4.79 Å². The van der Waals surface area contributed by atoms with Gasteiger partial charge >= 0.3 is 0 Å². The molecule has 0 aliphatic rings. The highest BCUT2D eigenvalue weighted by atomic mass is 127. The molecule has 6 aromatic rings. The molecule has 0 aliphatic carbocycles. The van der Waals surface area contributed by atoms with Crippen LogP contribution in [0, 0.1) is 3.57 Å². The molecule has 0 aliphatic heterocycles. The zero-order valence-electron chi connectivity index (χ0n) is 22.2. The molecule has 210 valence electrons. The van der Waals surface area contributed by atoms with Crippen molar-refractivity contribution in [2.24, 2.45) is 5.10 Å². The van der Waals surface area contributed by atoms with E-state index in [2.05, 4.69) is 43.6 Å². The SMILES string of the molecule is CCOc1cc(C=Nn2c(-c3cc4cc(Br)ccc4o3)nc3ccccc3c2=O)cc(I)c1OCc1ccc(Cl)cc1. The number of rotatable bonds is 8. The van der Waals surface area contributed by atoms with Gasteiger partial charge in [-0.15, -0.1) is 0 Å². The Balaban J connectivity index is 1.40. The number of para-hydroxylation sites is 1. The van der Waals surface area contributed by atoms with Crippen LogP contribution in [0.1, 0.15) is 18.1 Å². The fourth-order valence-electron chi connectivity index (χ4n) is 4.44. The summed E-state index contributed by atoms with van der Waals surface area (Å²) in [5.41, 5.74) is 2.63. The van der Waals surface area contributed by atoms with Gasteiger partial charge in [-0.2, -0.15) is 9.78 Å². The van der Waals surface area contributed by atoms with Crippen molar-refractivity contribution in [1.82, 2.24) is 9.66 Å². The normalized spacial score (nSPS) is 11.5. The van der Waals surface area contributed by atoms with Crippen LogP contribution in [0.3, 0.4) is 0 Å². The van der Waals surface area contributed by atoms with Gasteiger partial charge in [-0.05, 0) is 101 Å². The smallest absolute Gasteiger partial charge is 0.282 e. The maximum absolute atomic E-state index is 13.7. The molecule has 0 fully saturated rings. The lowest BCUT2D eigenvalue weighted by atomic mass is 10.2. The second-order valence-corrected chi connectivity index (χ2v) is 11.8. The number of fused-ring (bicyclic) bond motifs is 2. The van der Waals surface area contributed by atoms with Gasteiger partial charge in [-0.1, -0.05) is 51.8 Å². The van der Waals surface area contributed by atoms with Crippen molar-refractivity contribution >= 4 is 78.2 Å². The molecule has 42 heavy (non-hydrogen) atoms. The van der Waals surface area contributed by atoms with Crippen LogP contribution in [0.15, 0.2) is 104 Å². The molecule has 0 radical (unpaired) electrons. The standard InChI is InChI=1S/C32H22BrClIN3O4/c1-2-40-28-14-20(13-25(35)30(28)41-18-19-7-10-23(34)11-8-19)17-36-38-31(37-26-6-4-3-5-24(26)32(38)39)29-16-21-15-22(33)9-12-27(21)42-29/h3-17H,2,18H2,1H3. The van der Waals surface area contributed by atoms with Crippen molar-refractivity contribution in [3.63, 3.8) is 0 Å². The number of halogens is 3. The first-order valence-electron chi connectivity index (χ1n) is 13.0. The molecule has 0 bridgehead atoms. The Bertz CT molecular complexity index is 2020. The van der Waals surface area contributed by atoms with Crippen LogP contribution in [-0.4, -0.2) is 22.5 Å². The van der Waals surface area contributed by atoms with Crippen LogP contribution in [0.25, 0.3) is 33.5 Å². The Kier molecular flexibility index (Phi) is 8.32. The van der Waals surface area contributed by atoms with E-state index < -0.39 is 0 Å². The molecule has 2 aromatic heterocycles. The van der Waals surface area contributed by atoms with E-state index in [0.717, 1.165) is 24.6 Å². The molecule has 10 heteroatoms. The van der Waals surface area contributed by atoms with Gasteiger partial charge in [0.2, 0.25) is 5.82 Å². The van der Waals surface area contributed by atoms with E-state index in [4.69, 9.17) is 30.5 Å². The summed E-state index contributed by atoms with van der Waals surface area (Å²) in [5, 5.41) is 6.60. The summed E-state index contributed by atoms with van der Waals surface area (Å²) in [5.74, 6) is 1.93. The second-order valence-electron chi connectivity index (χ2n) is 9.29. The van der Waals surface area contributed by atoms with E-state index in [1.165, 1.54) is 4.68 Å². The molecule has 7 nitrogen and oxygen atoms in total. The van der Waals surface area contributed by atoms with E-state index in [9.17, 15) is 4.79 Å². The Morgan fingerprint density at radius 2 is 1.86 bits per heavy atom. The van der Waals surface area contributed by atoms with Crippen molar-refractivity contribution in [2.45, 2.75) is 13.5 Å². The number of hydrogen-bond donors (Lipinski definition) is 0. The topological polar surface area (TPSA) is 78.9 Å². The zero-order valence-corrected chi connectivity index (χ0v) is 26.7. The third-order valence-corrected chi connectivity index (χ3v) is 7.95. The van der Waals surface area contributed by atoms with Gasteiger partial charge in [0.25, 0.3) is 5.56 Å². The molecule has 0 amide bonds. The van der Waals surface area contributed by atoms with Crippen LogP contribution in [0.4, 0.5) is 0 Å². The molecule has 0 N–H and O–H groups in total. The molecule has 0 atom stereocenters. The fourth-order valence-corrected chi connectivity index (χ4v) is 5.73. The van der Waals surface area contributed by atoms with E-state index in [-0.39, 0.29) is 5.56 Å². The van der Waals surface area contributed by atoms with Crippen LogP contribution < -0.4 is 15.0 Å². The summed E-state index contributed by atoms with van der Waals surface area (Å²) in [6.45, 7) is 2.72. The lowest BCUT2D eigenvalue weighted by Crippen LogP contribution is -2.20. The molecule has 6 rings (SSSR count).